The average Bonchev–Trinajstić information content (AvgIpc) is 2.69. The van der Waals surface area contributed by atoms with Crippen molar-refractivity contribution in [2.24, 2.45) is 5.41 Å². The molecule has 1 amide bonds. The fraction of sp³-hybridized carbons (Fsp3) is 0.409. The zero-order valence-corrected chi connectivity index (χ0v) is 16.7. The smallest absolute Gasteiger partial charge is 0.311 e. The van der Waals surface area contributed by atoms with Crippen molar-refractivity contribution in [3.8, 4) is 0 Å². The number of aliphatic carboxylic acids is 1. The Bertz CT molecular complexity index is 881. The molecule has 6 heteroatoms. The molecule has 6 nitrogen and oxygen atoms in total. The molecule has 1 unspecified atom stereocenters. The van der Waals surface area contributed by atoms with Gasteiger partial charge in [-0.25, -0.2) is 4.98 Å². The molecule has 0 saturated carbocycles. The van der Waals surface area contributed by atoms with Crippen LogP contribution in [0.2, 0.25) is 0 Å². The number of hydrogen-bond acceptors (Lipinski definition) is 4. The first-order chi connectivity index (χ1) is 13.3. The molecule has 1 aromatic carbocycles. The van der Waals surface area contributed by atoms with Gasteiger partial charge < -0.3 is 14.9 Å². The van der Waals surface area contributed by atoms with Gasteiger partial charge in [-0.05, 0) is 49.4 Å². The van der Waals surface area contributed by atoms with E-state index in [9.17, 15) is 14.7 Å². The first-order valence-corrected chi connectivity index (χ1v) is 9.53. The highest BCUT2D eigenvalue weighted by molar-refractivity contribution is 5.98. The number of carbonyl (C=O) groups is 2. The van der Waals surface area contributed by atoms with E-state index in [1.54, 1.807) is 32.4 Å². The number of carboxylic acids is 1. The molecule has 1 saturated heterocycles. The number of pyridine rings is 1. The molecular weight excluding hydrogens is 354 g/mol. The zero-order chi connectivity index (χ0) is 20.3. The van der Waals surface area contributed by atoms with Gasteiger partial charge in [0.25, 0.3) is 5.91 Å². The van der Waals surface area contributed by atoms with Crippen molar-refractivity contribution >= 4 is 17.7 Å². The maximum Gasteiger partial charge on any atom is 0.311 e. The molecule has 28 heavy (non-hydrogen) atoms. The van der Waals surface area contributed by atoms with Crippen LogP contribution in [0, 0.1) is 12.3 Å². The number of rotatable bonds is 5. The van der Waals surface area contributed by atoms with Gasteiger partial charge in [0.2, 0.25) is 0 Å². The van der Waals surface area contributed by atoms with Crippen LogP contribution in [0.3, 0.4) is 0 Å². The third-order valence-electron chi connectivity index (χ3n) is 5.54. The van der Waals surface area contributed by atoms with Gasteiger partial charge in [-0.1, -0.05) is 24.3 Å². The molecule has 1 aliphatic rings. The van der Waals surface area contributed by atoms with Gasteiger partial charge in [-0.15, -0.1) is 0 Å². The summed E-state index contributed by atoms with van der Waals surface area (Å²) < 4.78 is 0. The van der Waals surface area contributed by atoms with E-state index >= 15 is 0 Å². The van der Waals surface area contributed by atoms with Gasteiger partial charge >= 0.3 is 5.97 Å². The van der Waals surface area contributed by atoms with Crippen LogP contribution in [-0.4, -0.2) is 54.1 Å². The van der Waals surface area contributed by atoms with Gasteiger partial charge in [0, 0.05) is 33.4 Å². The quantitative estimate of drug-likeness (QED) is 0.862. The van der Waals surface area contributed by atoms with E-state index in [0.717, 1.165) is 17.5 Å². The lowest BCUT2D eigenvalue weighted by Gasteiger charge is -2.41. The Kier molecular flexibility index (Phi) is 5.68. The van der Waals surface area contributed by atoms with E-state index in [4.69, 9.17) is 0 Å². The van der Waals surface area contributed by atoms with E-state index in [1.165, 1.54) is 4.90 Å². The monoisotopic (exact) mass is 381 g/mol. The summed E-state index contributed by atoms with van der Waals surface area (Å²) in [5.41, 5.74) is 1.75. The van der Waals surface area contributed by atoms with Crippen molar-refractivity contribution in [2.45, 2.75) is 26.2 Å². The van der Waals surface area contributed by atoms with Crippen LogP contribution in [0.25, 0.3) is 0 Å². The number of benzene rings is 1. The summed E-state index contributed by atoms with van der Waals surface area (Å²) in [5, 5.41) is 10.2. The molecule has 0 radical (unpaired) electrons. The topological polar surface area (TPSA) is 73.7 Å². The Hall–Kier alpha value is -2.89. The third-order valence-corrected chi connectivity index (χ3v) is 5.54. The predicted molar refractivity (Wildman–Crippen MR) is 109 cm³/mol. The van der Waals surface area contributed by atoms with Gasteiger partial charge in [-0.3, -0.25) is 9.59 Å². The summed E-state index contributed by atoms with van der Waals surface area (Å²) in [5.74, 6) is -0.360. The number of piperidine rings is 1. The van der Waals surface area contributed by atoms with E-state index in [-0.39, 0.29) is 5.91 Å². The summed E-state index contributed by atoms with van der Waals surface area (Å²) in [7, 11) is 3.41. The number of amides is 1. The average molecular weight is 381 g/mol. The Morgan fingerprint density at radius 3 is 2.64 bits per heavy atom. The second-order valence-corrected chi connectivity index (χ2v) is 7.79. The van der Waals surface area contributed by atoms with Gasteiger partial charge in [0.15, 0.2) is 0 Å². The summed E-state index contributed by atoms with van der Waals surface area (Å²) in [6.45, 7) is 3.03. The van der Waals surface area contributed by atoms with E-state index < -0.39 is 11.4 Å². The van der Waals surface area contributed by atoms with Gasteiger partial charge in [0.05, 0.1) is 11.0 Å². The summed E-state index contributed by atoms with van der Waals surface area (Å²) >= 11 is 0. The molecule has 2 aromatic rings. The van der Waals surface area contributed by atoms with Crippen LogP contribution >= 0.6 is 0 Å². The Balaban J connectivity index is 1.95. The molecule has 1 atom stereocenters. The van der Waals surface area contributed by atoms with Gasteiger partial charge in [-0.2, -0.15) is 0 Å². The molecule has 0 bridgehead atoms. The fourth-order valence-electron chi connectivity index (χ4n) is 3.94. The molecule has 1 aliphatic heterocycles. The highest BCUT2D eigenvalue weighted by Crippen LogP contribution is 2.37. The minimum atomic E-state index is -0.902. The lowest BCUT2D eigenvalue weighted by molar-refractivity contribution is -0.149. The molecule has 3 rings (SSSR count). The lowest BCUT2D eigenvalue weighted by atomic mass is 9.74. The van der Waals surface area contributed by atoms with Gasteiger partial charge in [0.1, 0.15) is 5.82 Å². The number of nitrogens with zero attached hydrogens (tertiary/aromatic N) is 3. The number of carboxylic acid groups (broad SMARTS) is 1. The minimum absolute atomic E-state index is 0.131. The van der Waals surface area contributed by atoms with Crippen LogP contribution in [-0.2, 0) is 11.2 Å². The normalized spacial score (nSPS) is 19.3. The molecule has 2 heterocycles. The van der Waals surface area contributed by atoms with Crippen molar-refractivity contribution in [1.82, 2.24) is 9.88 Å². The number of aryl methyl sites for hydroxylation is 1. The maximum absolute atomic E-state index is 12.6. The number of hydrogen-bond donors (Lipinski definition) is 1. The lowest BCUT2D eigenvalue weighted by Crippen LogP contribution is -2.50. The van der Waals surface area contributed by atoms with E-state index in [0.29, 0.717) is 37.3 Å². The first-order valence-electron chi connectivity index (χ1n) is 9.53. The molecule has 1 fully saturated rings. The SMILES string of the molecule is Cc1ccccc1CC1(C(=O)O)CCCN(c2ncccc2C(=O)N(C)C)C1. The summed E-state index contributed by atoms with van der Waals surface area (Å²) in [6, 6.07) is 11.4. The zero-order valence-electron chi connectivity index (χ0n) is 16.7. The van der Waals surface area contributed by atoms with Crippen molar-refractivity contribution in [3.05, 3.63) is 59.3 Å². The molecule has 1 aromatic heterocycles. The third kappa shape index (κ3) is 3.86. The molecular formula is C22H27N3O3. The van der Waals surface area contributed by atoms with Crippen LogP contribution in [0.4, 0.5) is 5.82 Å². The second-order valence-electron chi connectivity index (χ2n) is 7.79. The van der Waals surface area contributed by atoms with Crippen molar-refractivity contribution in [1.29, 1.82) is 0 Å². The predicted octanol–water partition coefficient (Wildman–Crippen LogP) is 3.01. The van der Waals surface area contributed by atoms with E-state index in [1.807, 2.05) is 36.1 Å². The number of aromatic nitrogens is 1. The van der Waals surface area contributed by atoms with Crippen LogP contribution < -0.4 is 4.90 Å². The molecule has 148 valence electrons. The van der Waals surface area contributed by atoms with Crippen molar-refractivity contribution in [2.75, 3.05) is 32.1 Å². The molecule has 1 N–H and O–H groups in total. The molecule has 0 spiro atoms. The highest BCUT2D eigenvalue weighted by atomic mass is 16.4. The maximum atomic E-state index is 12.6. The minimum Gasteiger partial charge on any atom is -0.481 e. The Morgan fingerprint density at radius 2 is 1.96 bits per heavy atom. The largest absolute Gasteiger partial charge is 0.481 e. The van der Waals surface area contributed by atoms with Crippen molar-refractivity contribution in [3.63, 3.8) is 0 Å². The number of carbonyl (C=O) groups excluding carboxylic acids is 1. The Morgan fingerprint density at radius 1 is 1.21 bits per heavy atom. The summed E-state index contributed by atoms with van der Waals surface area (Å²) in [4.78, 5) is 32.9. The van der Waals surface area contributed by atoms with E-state index in [2.05, 4.69) is 4.98 Å². The first kappa shape index (κ1) is 19.9. The standard InChI is InChI=1S/C22H27N3O3/c1-16-8-4-5-9-17(16)14-22(21(27)28)11-7-13-25(15-22)19-18(10-6-12-23-19)20(26)24(2)3/h4-6,8-10,12H,7,11,13-15H2,1-3H3,(H,27,28). The van der Waals surface area contributed by atoms with Crippen molar-refractivity contribution < 1.29 is 14.7 Å². The highest BCUT2D eigenvalue weighted by Gasteiger charge is 2.43. The van der Waals surface area contributed by atoms with Crippen LogP contribution in [0.5, 0.6) is 0 Å². The van der Waals surface area contributed by atoms with Crippen LogP contribution in [0.1, 0.15) is 34.3 Å². The summed E-state index contributed by atoms with van der Waals surface area (Å²) in [6.07, 6.45) is 3.47. The Labute approximate surface area is 165 Å². The van der Waals surface area contributed by atoms with Crippen LogP contribution in [0.15, 0.2) is 42.6 Å². The number of anilines is 1. The molecule has 0 aliphatic carbocycles. The fourth-order valence-corrected chi connectivity index (χ4v) is 3.94. The second kappa shape index (κ2) is 8.00.